The van der Waals surface area contributed by atoms with Crippen LogP contribution < -0.4 is 15.4 Å². The molecule has 17 heavy (non-hydrogen) atoms. The number of hydrogen-bond donors (Lipinski definition) is 2. The van der Waals surface area contributed by atoms with Crippen LogP contribution in [0.1, 0.15) is 19.8 Å². The van der Waals surface area contributed by atoms with Crippen LogP contribution in [-0.2, 0) is 4.79 Å². The molecule has 2 N–H and O–H groups in total. The SMILES string of the molecule is CC(=O)Oc1cccc(NC(=O)NC2CC2)c1. The molecule has 1 aliphatic carbocycles. The number of anilines is 1. The first-order valence-corrected chi connectivity index (χ1v) is 5.49. The van der Waals surface area contributed by atoms with Gasteiger partial charge in [0, 0.05) is 24.7 Å². The van der Waals surface area contributed by atoms with Crippen LogP contribution in [0.25, 0.3) is 0 Å². The van der Waals surface area contributed by atoms with Crippen molar-refractivity contribution >= 4 is 17.7 Å². The molecule has 1 aromatic carbocycles. The molecular formula is C12H14N2O3. The molecule has 90 valence electrons. The molecule has 0 bridgehead atoms. The number of esters is 1. The molecule has 1 fully saturated rings. The number of benzene rings is 1. The van der Waals surface area contributed by atoms with Gasteiger partial charge >= 0.3 is 12.0 Å². The van der Waals surface area contributed by atoms with Crippen molar-refractivity contribution in [2.24, 2.45) is 0 Å². The number of carbonyl (C=O) groups is 2. The number of nitrogens with one attached hydrogen (secondary N) is 2. The minimum absolute atomic E-state index is 0.229. The van der Waals surface area contributed by atoms with E-state index < -0.39 is 0 Å². The maximum Gasteiger partial charge on any atom is 0.319 e. The Hall–Kier alpha value is -2.04. The Morgan fingerprint density at radius 2 is 2.12 bits per heavy atom. The fraction of sp³-hybridized carbons (Fsp3) is 0.333. The molecule has 5 nitrogen and oxygen atoms in total. The fourth-order valence-corrected chi connectivity index (χ4v) is 1.38. The molecule has 0 unspecified atom stereocenters. The lowest BCUT2D eigenvalue weighted by Crippen LogP contribution is -2.30. The van der Waals surface area contributed by atoms with Crippen LogP contribution in [0.2, 0.25) is 0 Å². The molecule has 0 atom stereocenters. The summed E-state index contributed by atoms with van der Waals surface area (Å²) in [6.07, 6.45) is 2.09. The van der Waals surface area contributed by atoms with Gasteiger partial charge in [-0.3, -0.25) is 4.79 Å². The van der Waals surface area contributed by atoms with Gasteiger partial charge in [0.05, 0.1) is 0 Å². The highest BCUT2D eigenvalue weighted by molar-refractivity contribution is 5.89. The van der Waals surface area contributed by atoms with Gasteiger partial charge in [-0.2, -0.15) is 0 Å². The molecule has 0 spiro atoms. The Morgan fingerprint density at radius 3 is 2.76 bits per heavy atom. The van der Waals surface area contributed by atoms with Gasteiger partial charge in [0.2, 0.25) is 0 Å². The third-order valence-electron chi connectivity index (χ3n) is 2.27. The molecule has 0 aliphatic heterocycles. The summed E-state index contributed by atoms with van der Waals surface area (Å²) in [4.78, 5) is 22.2. The Bertz CT molecular complexity index is 441. The molecule has 0 heterocycles. The van der Waals surface area contributed by atoms with Crippen LogP contribution in [-0.4, -0.2) is 18.0 Å². The number of ether oxygens (including phenoxy) is 1. The van der Waals surface area contributed by atoms with E-state index in [0.29, 0.717) is 17.5 Å². The predicted molar refractivity (Wildman–Crippen MR) is 62.9 cm³/mol. The van der Waals surface area contributed by atoms with Gasteiger partial charge < -0.3 is 15.4 Å². The number of rotatable bonds is 3. The molecule has 2 rings (SSSR count). The number of hydrogen-bond acceptors (Lipinski definition) is 3. The largest absolute Gasteiger partial charge is 0.427 e. The minimum Gasteiger partial charge on any atom is -0.427 e. The van der Waals surface area contributed by atoms with Gasteiger partial charge in [-0.1, -0.05) is 6.07 Å². The average Bonchev–Trinajstić information content (AvgIpc) is 3.00. The first-order valence-electron chi connectivity index (χ1n) is 5.49. The van der Waals surface area contributed by atoms with E-state index in [2.05, 4.69) is 10.6 Å². The first kappa shape index (κ1) is 11.4. The van der Waals surface area contributed by atoms with Gasteiger partial charge in [0.15, 0.2) is 0 Å². The summed E-state index contributed by atoms with van der Waals surface area (Å²) in [5.41, 5.74) is 0.599. The van der Waals surface area contributed by atoms with Crippen LogP contribution in [0, 0.1) is 0 Å². The molecule has 0 saturated heterocycles. The van der Waals surface area contributed by atoms with Crippen molar-refractivity contribution in [3.8, 4) is 5.75 Å². The molecule has 2 amide bonds. The van der Waals surface area contributed by atoms with Crippen LogP contribution >= 0.6 is 0 Å². The number of urea groups is 1. The summed E-state index contributed by atoms with van der Waals surface area (Å²) in [6, 6.07) is 6.79. The van der Waals surface area contributed by atoms with Crippen LogP contribution in [0.3, 0.4) is 0 Å². The molecule has 1 saturated carbocycles. The highest BCUT2D eigenvalue weighted by atomic mass is 16.5. The Balaban J connectivity index is 1.94. The first-order chi connectivity index (χ1) is 8.13. The molecule has 5 heteroatoms. The van der Waals surface area contributed by atoms with E-state index in [1.807, 2.05) is 0 Å². The monoisotopic (exact) mass is 234 g/mol. The molecule has 0 radical (unpaired) electrons. The van der Waals surface area contributed by atoms with Gasteiger partial charge in [-0.25, -0.2) is 4.79 Å². The zero-order chi connectivity index (χ0) is 12.3. The van der Waals surface area contributed by atoms with E-state index in [1.54, 1.807) is 24.3 Å². The minimum atomic E-state index is -0.385. The molecule has 1 aromatic rings. The van der Waals surface area contributed by atoms with Crippen molar-refractivity contribution < 1.29 is 14.3 Å². The highest BCUT2D eigenvalue weighted by Crippen LogP contribution is 2.20. The quantitative estimate of drug-likeness (QED) is 0.620. The van der Waals surface area contributed by atoms with E-state index in [1.165, 1.54) is 6.92 Å². The second kappa shape index (κ2) is 4.86. The van der Waals surface area contributed by atoms with Crippen LogP contribution in [0.15, 0.2) is 24.3 Å². The van der Waals surface area contributed by atoms with E-state index in [-0.39, 0.29) is 12.0 Å². The van der Waals surface area contributed by atoms with Crippen molar-refractivity contribution in [3.63, 3.8) is 0 Å². The maximum absolute atomic E-state index is 11.5. The lowest BCUT2D eigenvalue weighted by molar-refractivity contribution is -0.131. The van der Waals surface area contributed by atoms with Crippen molar-refractivity contribution in [2.45, 2.75) is 25.8 Å². The van der Waals surface area contributed by atoms with E-state index in [9.17, 15) is 9.59 Å². The van der Waals surface area contributed by atoms with Crippen molar-refractivity contribution in [1.82, 2.24) is 5.32 Å². The third-order valence-corrected chi connectivity index (χ3v) is 2.27. The van der Waals surface area contributed by atoms with Gasteiger partial charge in [-0.15, -0.1) is 0 Å². The Labute approximate surface area is 99.2 Å². The number of amides is 2. The molecule has 1 aliphatic rings. The van der Waals surface area contributed by atoms with Crippen molar-refractivity contribution in [3.05, 3.63) is 24.3 Å². The predicted octanol–water partition coefficient (Wildman–Crippen LogP) is 1.90. The standard InChI is InChI=1S/C12H14N2O3/c1-8(15)17-11-4-2-3-10(7-11)14-12(16)13-9-5-6-9/h2-4,7,9H,5-6H2,1H3,(H2,13,14,16). The van der Waals surface area contributed by atoms with Crippen molar-refractivity contribution in [1.29, 1.82) is 0 Å². The summed E-state index contributed by atoms with van der Waals surface area (Å²) in [5, 5.41) is 5.49. The summed E-state index contributed by atoms with van der Waals surface area (Å²) >= 11 is 0. The normalized spacial score (nSPS) is 13.9. The zero-order valence-corrected chi connectivity index (χ0v) is 9.53. The van der Waals surface area contributed by atoms with Gasteiger partial charge in [-0.05, 0) is 25.0 Å². The Kier molecular flexibility index (Phi) is 3.27. The molecule has 0 aromatic heterocycles. The third kappa shape index (κ3) is 3.79. The average molecular weight is 234 g/mol. The topological polar surface area (TPSA) is 67.4 Å². The summed E-state index contributed by atoms with van der Waals surface area (Å²) in [5.74, 6) is 0.0336. The summed E-state index contributed by atoms with van der Waals surface area (Å²) in [7, 11) is 0. The Morgan fingerprint density at radius 1 is 1.35 bits per heavy atom. The maximum atomic E-state index is 11.5. The summed E-state index contributed by atoms with van der Waals surface area (Å²) in [6.45, 7) is 1.33. The second-order valence-electron chi connectivity index (χ2n) is 3.99. The highest BCUT2D eigenvalue weighted by Gasteiger charge is 2.23. The molecular weight excluding hydrogens is 220 g/mol. The van der Waals surface area contributed by atoms with Gasteiger partial charge in [0.1, 0.15) is 5.75 Å². The van der Waals surface area contributed by atoms with Gasteiger partial charge in [0.25, 0.3) is 0 Å². The van der Waals surface area contributed by atoms with Crippen LogP contribution in [0.5, 0.6) is 5.75 Å². The van der Waals surface area contributed by atoms with Crippen LogP contribution in [0.4, 0.5) is 10.5 Å². The van der Waals surface area contributed by atoms with Crippen molar-refractivity contribution in [2.75, 3.05) is 5.32 Å². The second-order valence-corrected chi connectivity index (χ2v) is 3.99. The summed E-state index contributed by atoms with van der Waals surface area (Å²) < 4.78 is 4.92. The number of carbonyl (C=O) groups excluding carboxylic acids is 2. The van der Waals surface area contributed by atoms with E-state index in [4.69, 9.17) is 4.74 Å². The zero-order valence-electron chi connectivity index (χ0n) is 9.53. The lowest BCUT2D eigenvalue weighted by Gasteiger charge is -2.07. The fourth-order valence-electron chi connectivity index (χ4n) is 1.38. The lowest BCUT2D eigenvalue weighted by atomic mass is 10.3. The van der Waals surface area contributed by atoms with E-state index >= 15 is 0 Å². The van der Waals surface area contributed by atoms with E-state index in [0.717, 1.165) is 12.8 Å². The smallest absolute Gasteiger partial charge is 0.319 e.